The fraction of sp³-hybridized carbons (Fsp3) is 0.423. The predicted octanol–water partition coefficient (Wildman–Crippen LogP) is 4.81. The highest BCUT2D eigenvalue weighted by Crippen LogP contribution is 2.44. The van der Waals surface area contributed by atoms with Crippen LogP contribution in [0.15, 0.2) is 36.4 Å². The van der Waals surface area contributed by atoms with E-state index in [1.54, 1.807) is 6.08 Å². The summed E-state index contributed by atoms with van der Waals surface area (Å²) in [5.41, 5.74) is 2.55. The summed E-state index contributed by atoms with van der Waals surface area (Å²) in [6, 6.07) is 10.00. The van der Waals surface area contributed by atoms with E-state index < -0.39 is 0 Å². The molecule has 1 aliphatic heterocycles. The minimum absolute atomic E-state index is 0.0907. The number of rotatable bonds is 4. The normalized spacial score (nSPS) is 19.0. The molecule has 0 unspecified atom stereocenters. The third-order valence-electron chi connectivity index (χ3n) is 6.86. The number of anilines is 1. The number of hydrogen-bond acceptors (Lipinski definition) is 5. The van der Waals surface area contributed by atoms with Crippen LogP contribution in [0, 0.1) is 0 Å². The molecule has 1 aromatic carbocycles. The molecule has 0 spiro atoms. The molecule has 1 amide bonds. The molecule has 32 heavy (non-hydrogen) atoms. The van der Waals surface area contributed by atoms with Crippen molar-refractivity contribution in [1.29, 1.82) is 0 Å². The summed E-state index contributed by atoms with van der Waals surface area (Å²) in [6.45, 7) is 3.11. The summed E-state index contributed by atoms with van der Waals surface area (Å²) in [5.74, 6) is 2.80. The molecule has 0 atom stereocenters. The molecule has 0 bridgehead atoms. The molecular weight excluding hydrogens is 416 g/mol. The van der Waals surface area contributed by atoms with E-state index in [1.807, 2.05) is 52.6 Å². The summed E-state index contributed by atoms with van der Waals surface area (Å²) >= 11 is 1.90. The second-order valence-electron chi connectivity index (χ2n) is 9.13. The Kier molecular flexibility index (Phi) is 5.18. The Labute approximate surface area is 192 Å². The average Bonchev–Trinajstić information content (AvgIpc) is 3.63. The van der Waals surface area contributed by atoms with E-state index in [1.165, 1.54) is 52.8 Å². The molecular formula is C26H28N4OS. The SMILES string of the molecule is O=C(/C=C/c1ccccc1)N1CCN(c2nc(C3CC3)nc3sc4c(c23)CCCC4)CC1. The van der Waals surface area contributed by atoms with Gasteiger partial charge in [-0.25, -0.2) is 9.97 Å². The van der Waals surface area contributed by atoms with Gasteiger partial charge in [-0.2, -0.15) is 0 Å². The monoisotopic (exact) mass is 444 g/mol. The van der Waals surface area contributed by atoms with Crippen LogP contribution < -0.4 is 4.90 Å². The van der Waals surface area contributed by atoms with Crippen LogP contribution >= 0.6 is 11.3 Å². The van der Waals surface area contributed by atoms with E-state index in [2.05, 4.69) is 4.90 Å². The molecule has 3 heterocycles. The first kappa shape index (κ1) is 19.9. The van der Waals surface area contributed by atoms with Crippen LogP contribution in [-0.2, 0) is 17.6 Å². The predicted molar refractivity (Wildman–Crippen MR) is 130 cm³/mol. The molecule has 2 fully saturated rings. The van der Waals surface area contributed by atoms with Crippen LogP contribution in [0.4, 0.5) is 5.82 Å². The van der Waals surface area contributed by atoms with Gasteiger partial charge < -0.3 is 9.80 Å². The van der Waals surface area contributed by atoms with Crippen LogP contribution in [0.25, 0.3) is 16.3 Å². The number of carbonyl (C=O) groups is 1. The lowest BCUT2D eigenvalue weighted by Crippen LogP contribution is -2.48. The number of benzene rings is 1. The van der Waals surface area contributed by atoms with E-state index >= 15 is 0 Å². The van der Waals surface area contributed by atoms with E-state index in [0.29, 0.717) is 5.92 Å². The van der Waals surface area contributed by atoms with Crippen molar-refractivity contribution in [3.8, 4) is 0 Å². The van der Waals surface area contributed by atoms with Gasteiger partial charge >= 0.3 is 0 Å². The Morgan fingerprint density at radius 2 is 1.78 bits per heavy atom. The summed E-state index contributed by atoms with van der Waals surface area (Å²) in [6.07, 6.45) is 10.9. The van der Waals surface area contributed by atoms with Gasteiger partial charge in [0.25, 0.3) is 0 Å². The van der Waals surface area contributed by atoms with Crippen LogP contribution in [-0.4, -0.2) is 47.0 Å². The minimum Gasteiger partial charge on any atom is -0.352 e. The van der Waals surface area contributed by atoms with E-state index in [0.717, 1.165) is 49.8 Å². The molecule has 1 saturated heterocycles. The largest absolute Gasteiger partial charge is 0.352 e. The smallest absolute Gasteiger partial charge is 0.246 e. The number of carbonyl (C=O) groups excluding carboxylic acids is 1. The fourth-order valence-electron chi connectivity index (χ4n) is 4.88. The fourth-order valence-corrected chi connectivity index (χ4v) is 6.15. The Bertz CT molecular complexity index is 1170. The van der Waals surface area contributed by atoms with Crippen molar-refractivity contribution in [3.05, 3.63) is 58.2 Å². The Morgan fingerprint density at radius 3 is 2.56 bits per heavy atom. The van der Waals surface area contributed by atoms with E-state index in [-0.39, 0.29) is 5.91 Å². The Balaban J connectivity index is 1.23. The standard InChI is InChI=1S/C26H28N4OS/c31-22(13-10-18-6-2-1-3-7-18)29-14-16-30(17-15-29)25-23-20-8-4-5-9-21(20)32-26(23)28-24(27-25)19-11-12-19/h1-3,6-7,10,13,19H,4-5,8-9,11-12,14-17H2/b13-10+. The van der Waals surface area contributed by atoms with Gasteiger partial charge in [0.05, 0.1) is 5.39 Å². The van der Waals surface area contributed by atoms with Crippen molar-refractivity contribution < 1.29 is 4.79 Å². The quantitative estimate of drug-likeness (QED) is 0.542. The maximum absolute atomic E-state index is 12.7. The zero-order chi connectivity index (χ0) is 21.5. The van der Waals surface area contributed by atoms with Crippen molar-refractivity contribution in [2.75, 3.05) is 31.1 Å². The first-order valence-electron chi connectivity index (χ1n) is 11.9. The van der Waals surface area contributed by atoms with Gasteiger partial charge in [0, 0.05) is 43.1 Å². The molecule has 6 rings (SSSR count). The second-order valence-corrected chi connectivity index (χ2v) is 10.2. The molecule has 1 saturated carbocycles. The van der Waals surface area contributed by atoms with Crippen LogP contribution in [0.3, 0.4) is 0 Å². The molecule has 2 aliphatic carbocycles. The van der Waals surface area contributed by atoms with E-state index in [4.69, 9.17) is 9.97 Å². The van der Waals surface area contributed by atoms with Crippen molar-refractivity contribution in [2.24, 2.45) is 0 Å². The lowest BCUT2D eigenvalue weighted by atomic mass is 9.97. The van der Waals surface area contributed by atoms with Gasteiger partial charge in [0.2, 0.25) is 5.91 Å². The molecule has 3 aromatic rings. The molecule has 6 heteroatoms. The summed E-state index contributed by atoms with van der Waals surface area (Å²) in [4.78, 5) is 29.9. The highest BCUT2D eigenvalue weighted by Gasteiger charge is 2.31. The van der Waals surface area contributed by atoms with Crippen molar-refractivity contribution in [3.63, 3.8) is 0 Å². The molecule has 0 N–H and O–H groups in total. The van der Waals surface area contributed by atoms with Gasteiger partial charge in [-0.15, -0.1) is 11.3 Å². The highest BCUT2D eigenvalue weighted by molar-refractivity contribution is 7.19. The molecule has 3 aliphatic rings. The van der Waals surface area contributed by atoms with Crippen LogP contribution in [0.1, 0.15) is 53.4 Å². The zero-order valence-electron chi connectivity index (χ0n) is 18.3. The Hall–Kier alpha value is -2.73. The number of aryl methyl sites for hydroxylation is 2. The van der Waals surface area contributed by atoms with Crippen LogP contribution in [0.5, 0.6) is 0 Å². The summed E-state index contributed by atoms with van der Waals surface area (Å²) < 4.78 is 0. The van der Waals surface area contributed by atoms with Gasteiger partial charge in [-0.05, 0) is 55.7 Å². The van der Waals surface area contributed by atoms with Crippen molar-refractivity contribution in [1.82, 2.24) is 14.9 Å². The number of hydrogen-bond donors (Lipinski definition) is 0. The average molecular weight is 445 g/mol. The lowest BCUT2D eigenvalue weighted by molar-refractivity contribution is -0.126. The third-order valence-corrected chi connectivity index (χ3v) is 8.05. The first-order valence-corrected chi connectivity index (χ1v) is 12.7. The number of aromatic nitrogens is 2. The molecule has 2 aromatic heterocycles. The number of fused-ring (bicyclic) bond motifs is 3. The van der Waals surface area contributed by atoms with Crippen LogP contribution in [0.2, 0.25) is 0 Å². The van der Waals surface area contributed by atoms with Crippen molar-refractivity contribution in [2.45, 2.75) is 44.4 Å². The Morgan fingerprint density at radius 1 is 1.00 bits per heavy atom. The van der Waals surface area contributed by atoms with E-state index in [9.17, 15) is 4.79 Å². The minimum atomic E-state index is 0.0907. The number of nitrogens with zero attached hydrogens (tertiary/aromatic N) is 4. The first-order chi connectivity index (χ1) is 15.8. The number of piperazine rings is 1. The highest BCUT2D eigenvalue weighted by atomic mass is 32.1. The maximum atomic E-state index is 12.7. The molecule has 0 radical (unpaired) electrons. The maximum Gasteiger partial charge on any atom is 0.246 e. The zero-order valence-corrected chi connectivity index (χ0v) is 19.1. The molecule has 164 valence electrons. The third kappa shape index (κ3) is 3.81. The van der Waals surface area contributed by atoms with Gasteiger partial charge in [-0.1, -0.05) is 30.3 Å². The lowest BCUT2D eigenvalue weighted by Gasteiger charge is -2.35. The number of amides is 1. The molecule has 5 nitrogen and oxygen atoms in total. The van der Waals surface area contributed by atoms with Crippen molar-refractivity contribution >= 4 is 39.4 Å². The van der Waals surface area contributed by atoms with Gasteiger partial charge in [0.1, 0.15) is 16.5 Å². The number of thiophene rings is 1. The summed E-state index contributed by atoms with van der Waals surface area (Å²) in [7, 11) is 0. The second kappa shape index (κ2) is 8.32. The summed E-state index contributed by atoms with van der Waals surface area (Å²) in [5, 5.41) is 1.30. The van der Waals surface area contributed by atoms with Gasteiger partial charge in [0.15, 0.2) is 0 Å². The van der Waals surface area contributed by atoms with Gasteiger partial charge in [-0.3, -0.25) is 4.79 Å². The topological polar surface area (TPSA) is 49.3 Å².